The van der Waals surface area contributed by atoms with Crippen molar-refractivity contribution in [2.24, 2.45) is 17.1 Å². The Kier molecular flexibility index (Phi) is 5.96. The van der Waals surface area contributed by atoms with E-state index in [-0.39, 0.29) is 34.7 Å². The van der Waals surface area contributed by atoms with Crippen LogP contribution in [-0.4, -0.2) is 18.1 Å². The standard InChI is InChI=1S/C20H30FNO3/c1-12(2)24-17-11-16(21)18(10-15(17)19(22)23)25-14-8-6-13(7-9-14)20(3,4)5/h10-14H,6-9H2,1-5H3,(H2,22,23). The third kappa shape index (κ3) is 5.10. The minimum atomic E-state index is -0.656. The van der Waals surface area contributed by atoms with Gasteiger partial charge < -0.3 is 15.2 Å². The fourth-order valence-corrected chi connectivity index (χ4v) is 3.40. The molecule has 5 heteroatoms. The third-order valence-electron chi connectivity index (χ3n) is 4.85. The van der Waals surface area contributed by atoms with Crippen LogP contribution in [0.2, 0.25) is 0 Å². The van der Waals surface area contributed by atoms with Gasteiger partial charge in [-0.3, -0.25) is 4.79 Å². The number of hydrogen-bond acceptors (Lipinski definition) is 3. The summed E-state index contributed by atoms with van der Waals surface area (Å²) in [5.41, 5.74) is 5.84. The molecule has 140 valence electrons. The molecule has 1 saturated carbocycles. The van der Waals surface area contributed by atoms with Gasteiger partial charge in [-0.05, 0) is 56.9 Å². The van der Waals surface area contributed by atoms with E-state index in [1.54, 1.807) is 13.8 Å². The lowest BCUT2D eigenvalue weighted by Crippen LogP contribution is -2.30. The second-order valence-corrected chi connectivity index (χ2v) is 8.27. The van der Waals surface area contributed by atoms with Gasteiger partial charge >= 0.3 is 0 Å². The summed E-state index contributed by atoms with van der Waals surface area (Å²) in [4.78, 5) is 11.7. The van der Waals surface area contributed by atoms with Crippen LogP contribution in [0.15, 0.2) is 12.1 Å². The fraction of sp³-hybridized carbons (Fsp3) is 0.650. The van der Waals surface area contributed by atoms with Crippen molar-refractivity contribution in [1.29, 1.82) is 0 Å². The van der Waals surface area contributed by atoms with Gasteiger partial charge in [0, 0.05) is 6.07 Å². The van der Waals surface area contributed by atoms with Crippen molar-refractivity contribution in [1.82, 2.24) is 0 Å². The topological polar surface area (TPSA) is 61.6 Å². The Bertz CT molecular complexity index is 614. The number of hydrogen-bond donors (Lipinski definition) is 1. The molecule has 25 heavy (non-hydrogen) atoms. The molecule has 0 spiro atoms. The normalized spacial score (nSPS) is 21.2. The molecule has 4 nitrogen and oxygen atoms in total. The lowest BCUT2D eigenvalue weighted by atomic mass is 9.72. The maximum atomic E-state index is 14.4. The van der Waals surface area contributed by atoms with Crippen molar-refractivity contribution in [3.63, 3.8) is 0 Å². The van der Waals surface area contributed by atoms with Crippen LogP contribution in [0, 0.1) is 17.2 Å². The predicted molar refractivity (Wildman–Crippen MR) is 96.5 cm³/mol. The molecule has 1 fully saturated rings. The largest absolute Gasteiger partial charge is 0.490 e. The molecule has 0 atom stereocenters. The van der Waals surface area contributed by atoms with Crippen molar-refractivity contribution in [2.75, 3.05) is 0 Å². The van der Waals surface area contributed by atoms with Crippen LogP contribution in [0.1, 0.15) is 70.7 Å². The van der Waals surface area contributed by atoms with E-state index >= 15 is 0 Å². The number of amides is 1. The van der Waals surface area contributed by atoms with Crippen LogP contribution in [0.4, 0.5) is 4.39 Å². The number of halogens is 1. The number of carbonyl (C=O) groups excluding carboxylic acids is 1. The Balaban J connectivity index is 2.12. The first kappa shape index (κ1) is 19.5. The Labute approximate surface area is 149 Å². The monoisotopic (exact) mass is 351 g/mol. The van der Waals surface area contributed by atoms with Crippen molar-refractivity contribution in [3.05, 3.63) is 23.5 Å². The summed E-state index contributed by atoms with van der Waals surface area (Å²) in [6, 6.07) is 2.56. The van der Waals surface area contributed by atoms with E-state index in [0.717, 1.165) is 25.7 Å². The molecule has 0 aliphatic heterocycles. The van der Waals surface area contributed by atoms with Gasteiger partial charge in [0.05, 0.1) is 17.8 Å². The highest BCUT2D eigenvalue weighted by atomic mass is 19.1. The molecule has 1 aromatic carbocycles. The van der Waals surface area contributed by atoms with Gasteiger partial charge in [-0.15, -0.1) is 0 Å². The number of benzene rings is 1. The average Bonchev–Trinajstić information content (AvgIpc) is 2.48. The van der Waals surface area contributed by atoms with E-state index in [2.05, 4.69) is 20.8 Å². The summed E-state index contributed by atoms with van der Waals surface area (Å²) < 4.78 is 25.8. The summed E-state index contributed by atoms with van der Waals surface area (Å²) in [5.74, 6) is -0.302. The smallest absolute Gasteiger partial charge is 0.252 e. The second-order valence-electron chi connectivity index (χ2n) is 8.27. The van der Waals surface area contributed by atoms with Gasteiger partial charge in [0.1, 0.15) is 5.75 Å². The Morgan fingerprint density at radius 3 is 2.24 bits per heavy atom. The molecule has 0 radical (unpaired) electrons. The average molecular weight is 351 g/mol. The quantitative estimate of drug-likeness (QED) is 0.837. The second kappa shape index (κ2) is 7.63. The number of ether oxygens (including phenoxy) is 2. The summed E-state index contributed by atoms with van der Waals surface area (Å²) in [6.07, 6.45) is 3.68. The summed E-state index contributed by atoms with van der Waals surface area (Å²) in [6.45, 7) is 10.4. The zero-order chi connectivity index (χ0) is 18.8. The van der Waals surface area contributed by atoms with E-state index in [9.17, 15) is 9.18 Å². The fourth-order valence-electron chi connectivity index (χ4n) is 3.40. The lowest BCUT2D eigenvalue weighted by molar-refractivity contribution is 0.0848. The zero-order valence-electron chi connectivity index (χ0n) is 15.9. The highest BCUT2D eigenvalue weighted by Crippen LogP contribution is 2.39. The molecule has 1 aromatic rings. The van der Waals surface area contributed by atoms with Crippen LogP contribution in [-0.2, 0) is 0 Å². The predicted octanol–water partition coefficient (Wildman–Crippen LogP) is 4.70. The molecule has 0 saturated heterocycles. The van der Waals surface area contributed by atoms with Crippen LogP contribution in [0.25, 0.3) is 0 Å². The van der Waals surface area contributed by atoms with Gasteiger partial charge in [0.25, 0.3) is 5.91 Å². The van der Waals surface area contributed by atoms with E-state index in [4.69, 9.17) is 15.2 Å². The number of nitrogens with two attached hydrogens (primary N) is 1. The SMILES string of the molecule is CC(C)Oc1cc(F)c(OC2CCC(C(C)(C)C)CC2)cc1C(N)=O. The molecule has 0 aromatic heterocycles. The Hall–Kier alpha value is -1.78. The third-order valence-corrected chi connectivity index (χ3v) is 4.85. The lowest BCUT2D eigenvalue weighted by Gasteiger charge is -2.37. The van der Waals surface area contributed by atoms with E-state index in [1.165, 1.54) is 12.1 Å². The van der Waals surface area contributed by atoms with Crippen LogP contribution < -0.4 is 15.2 Å². The van der Waals surface area contributed by atoms with E-state index in [1.807, 2.05) is 0 Å². The van der Waals surface area contributed by atoms with Gasteiger partial charge in [-0.25, -0.2) is 4.39 Å². The van der Waals surface area contributed by atoms with Crippen LogP contribution in [0.3, 0.4) is 0 Å². The van der Waals surface area contributed by atoms with Crippen LogP contribution >= 0.6 is 0 Å². The summed E-state index contributed by atoms with van der Waals surface area (Å²) >= 11 is 0. The minimum Gasteiger partial charge on any atom is -0.490 e. The molecule has 2 N–H and O–H groups in total. The molecule has 1 aliphatic rings. The van der Waals surface area contributed by atoms with Crippen LogP contribution in [0.5, 0.6) is 11.5 Å². The highest BCUT2D eigenvalue weighted by Gasteiger charge is 2.31. The summed E-state index contributed by atoms with van der Waals surface area (Å²) in [7, 11) is 0. The van der Waals surface area contributed by atoms with Crippen molar-refractivity contribution in [2.45, 2.75) is 72.5 Å². The van der Waals surface area contributed by atoms with Gasteiger partial charge in [0.2, 0.25) is 0 Å². The molecular formula is C20H30FNO3. The number of carbonyl (C=O) groups is 1. The number of primary amides is 1. The molecule has 1 amide bonds. The van der Waals surface area contributed by atoms with Gasteiger partial charge in [0.15, 0.2) is 11.6 Å². The number of rotatable bonds is 5. The van der Waals surface area contributed by atoms with E-state index < -0.39 is 11.7 Å². The molecule has 0 heterocycles. The van der Waals surface area contributed by atoms with E-state index in [0.29, 0.717) is 5.92 Å². The summed E-state index contributed by atoms with van der Waals surface area (Å²) in [5, 5.41) is 0. The zero-order valence-corrected chi connectivity index (χ0v) is 15.9. The molecule has 1 aliphatic carbocycles. The molecule has 2 rings (SSSR count). The van der Waals surface area contributed by atoms with Crippen molar-refractivity contribution in [3.8, 4) is 11.5 Å². The van der Waals surface area contributed by atoms with Crippen molar-refractivity contribution < 1.29 is 18.7 Å². The maximum Gasteiger partial charge on any atom is 0.252 e. The first-order chi connectivity index (χ1) is 11.6. The Morgan fingerprint density at radius 2 is 1.76 bits per heavy atom. The van der Waals surface area contributed by atoms with Gasteiger partial charge in [-0.1, -0.05) is 20.8 Å². The van der Waals surface area contributed by atoms with Crippen molar-refractivity contribution >= 4 is 5.91 Å². The first-order valence-corrected chi connectivity index (χ1v) is 9.04. The molecule has 0 unspecified atom stereocenters. The minimum absolute atomic E-state index is 0.0364. The maximum absolute atomic E-state index is 14.4. The molecular weight excluding hydrogens is 321 g/mol. The van der Waals surface area contributed by atoms with Gasteiger partial charge in [-0.2, -0.15) is 0 Å². The first-order valence-electron chi connectivity index (χ1n) is 9.04. The Morgan fingerprint density at radius 1 is 1.16 bits per heavy atom. The highest BCUT2D eigenvalue weighted by molar-refractivity contribution is 5.96. The molecule has 0 bridgehead atoms.